The zero-order valence-electron chi connectivity index (χ0n) is 14.7. The van der Waals surface area contributed by atoms with E-state index in [1.807, 2.05) is 18.2 Å². The van der Waals surface area contributed by atoms with Crippen LogP contribution in [0, 0.1) is 0 Å². The molecule has 1 unspecified atom stereocenters. The normalized spacial score (nSPS) is 11.9. The Morgan fingerprint density at radius 3 is 2.69 bits per heavy atom. The Hall–Kier alpha value is -2.52. The maximum atomic E-state index is 11.7. The molecule has 0 aliphatic rings. The molecular formula is C20H22AsN3O2. The van der Waals surface area contributed by atoms with Gasteiger partial charge in [-0.3, -0.25) is 0 Å². The standard InChI is InChI=1S/C20H22AsN3O2/c1-21(12-15-5-3-2-4-6-15)9-10-26-19-11-16(17-13-23-24-14-17)7-8-18(19)20(22)25/h2-8,11,13-14H,9-10,12H2,1H3,(H2,22,25)(H,23,24). The number of H-pyrrole nitrogens is 1. The quantitative estimate of drug-likeness (QED) is 0.557. The van der Waals surface area contributed by atoms with E-state index in [-0.39, 0.29) is 0 Å². The Morgan fingerprint density at radius 2 is 2.00 bits per heavy atom. The van der Waals surface area contributed by atoms with Gasteiger partial charge in [0.2, 0.25) is 0 Å². The van der Waals surface area contributed by atoms with Gasteiger partial charge in [0, 0.05) is 0 Å². The Labute approximate surface area is 157 Å². The topological polar surface area (TPSA) is 81.0 Å². The second kappa shape index (κ2) is 8.72. The third-order valence-electron chi connectivity index (χ3n) is 4.10. The predicted octanol–water partition coefficient (Wildman–Crippen LogP) is 3.46. The number of hydrogen-bond acceptors (Lipinski definition) is 3. The van der Waals surface area contributed by atoms with Gasteiger partial charge in [-0.2, -0.15) is 0 Å². The first-order valence-electron chi connectivity index (χ1n) is 8.42. The molecule has 3 N–H and O–H groups in total. The van der Waals surface area contributed by atoms with Crippen LogP contribution in [-0.2, 0) is 5.21 Å². The number of rotatable bonds is 8. The van der Waals surface area contributed by atoms with Crippen LogP contribution in [0.1, 0.15) is 15.9 Å². The van der Waals surface area contributed by atoms with E-state index in [0.717, 1.165) is 21.5 Å². The van der Waals surface area contributed by atoms with Crippen molar-refractivity contribution >= 4 is 20.6 Å². The van der Waals surface area contributed by atoms with Gasteiger partial charge in [-0.15, -0.1) is 0 Å². The third kappa shape index (κ3) is 4.76. The number of hydrogen-bond donors (Lipinski definition) is 2. The molecule has 0 bridgehead atoms. The number of ether oxygens (including phenoxy) is 1. The fraction of sp³-hybridized carbons (Fsp3) is 0.200. The van der Waals surface area contributed by atoms with Crippen molar-refractivity contribution in [3.63, 3.8) is 0 Å². The summed E-state index contributed by atoms with van der Waals surface area (Å²) in [5, 5.41) is 8.93. The van der Waals surface area contributed by atoms with Gasteiger partial charge < -0.3 is 0 Å². The molecule has 1 aromatic heterocycles. The van der Waals surface area contributed by atoms with E-state index < -0.39 is 20.6 Å². The fourth-order valence-electron chi connectivity index (χ4n) is 2.72. The van der Waals surface area contributed by atoms with Crippen LogP contribution in [0.4, 0.5) is 0 Å². The molecule has 3 rings (SSSR count). The van der Waals surface area contributed by atoms with E-state index in [2.05, 4.69) is 40.2 Å². The molecule has 0 saturated carbocycles. The molecule has 0 spiro atoms. The molecule has 5 nitrogen and oxygen atoms in total. The van der Waals surface area contributed by atoms with Gasteiger partial charge in [-0.1, -0.05) is 0 Å². The van der Waals surface area contributed by atoms with E-state index in [1.54, 1.807) is 18.5 Å². The van der Waals surface area contributed by atoms with Gasteiger partial charge >= 0.3 is 158 Å². The molecule has 3 aromatic rings. The summed E-state index contributed by atoms with van der Waals surface area (Å²) >= 11 is -0.998. The van der Waals surface area contributed by atoms with E-state index in [1.165, 1.54) is 5.56 Å². The van der Waals surface area contributed by atoms with Crippen molar-refractivity contribution in [1.29, 1.82) is 0 Å². The van der Waals surface area contributed by atoms with Crippen LogP contribution in [0.15, 0.2) is 60.9 Å². The average Bonchev–Trinajstić information content (AvgIpc) is 3.17. The number of amides is 1. The summed E-state index contributed by atoms with van der Waals surface area (Å²) in [6, 6.07) is 16.0. The summed E-state index contributed by atoms with van der Waals surface area (Å²) in [6.45, 7) is 0.596. The number of carbonyl (C=O) groups is 1. The molecular weight excluding hydrogens is 389 g/mol. The summed E-state index contributed by atoms with van der Waals surface area (Å²) < 4.78 is 5.95. The second-order valence-electron chi connectivity index (χ2n) is 6.13. The Balaban J connectivity index is 1.64. The molecule has 0 aliphatic carbocycles. The molecule has 0 saturated heterocycles. The molecule has 1 amide bonds. The van der Waals surface area contributed by atoms with Crippen LogP contribution in [0.5, 0.6) is 5.75 Å². The summed E-state index contributed by atoms with van der Waals surface area (Å²) in [7, 11) is 0. The SMILES string of the molecule is C[As](CCOc1cc(-c2cn[nH]c2)ccc1C(N)=O)Cc1ccccc1. The van der Waals surface area contributed by atoms with E-state index >= 15 is 0 Å². The number of primary amides is 1. The Bertz CT molecular complexity index is 851. The van der Waals surface area contributed by atoms with Gasteiger partial charge in [-0.25, -0.2) is 0 Å². The number of nitrogens with two attached hydrogens (primary N) is 1. The first-order valence-corrected chi connectivity index (χ1v) is 12.9. The van der Waals surface area contributed by atoms with Crippen molar-refractivity contribution in [1.82, 2.24) is 10.2 Å². The van der Waals surface area contributed by atoms with Crippen LogP contribution >= 0.6 is 0 Å². The molecule has 26 heavy (non-hydrogen) atoms. The van der Waals surface area contributed by atoms with Crippen LogP contribution in [0.3, 0.4) is 0 Å². The van der Waals surface area contributed by atoms with Gasteiger partial charge in [-0.05, 0) is 0 Å². The van der Waals surface area contributed by atoms with E-state index in [4.69, 9.17) is 10.5 Å². The van der Waals surface area contributed by atoms with Gasteiger partial charge in [0.25, 0.3) is 0 Å². The predicted molar refractivity (Wildman–Crippen MR) is 105 cm³/mol. The molecule has 0 aliphatic heterocycles. The molecule has 134 valence electrons. The molecule has 2 aromatic carbocycles. The van der Waals surface area contributed by atoms with Crippen molar-refractivity contribution in [3.05, 3.63) is 72.1 Å². The minimum absolute atomic E-state index is 0.412. The molecule has 1 heterocycles. The van der Waals surface area contributed by atoms with Crippen molar-refractivity contribution in [2.75, 3.05) is 6.61 Å². The molecule has 6 heteroatoms. The first kappa shape index (κ1) is 18.3. The van der Waals surface area contributed by atoms with Gasteiger partial charge in [0.15, 0.2) is 0 Å². The van der Waals surface area contributed by atoms with Gasteiger partial charge in [0.05, 0.1) is 0 Å². The average molecular weight is 411 g/mol. The van der Waals surface area contributed by atoms with E-state index in [9.17, 15) is 4.79 Å². The summed E-state index contributed by atoms with van der Waals surface area (Å²) in [6.07, 6.45) is 3.54. The number of benzene rings is 2. The number of nitrogens with one attached hydrogen (secondary N) is 1. The summed E-state index contributed by atoms with van der Waals surface area (Å²) in [5.74, 6) is 0.0623. The summed E-state index contributed by atoms with van der Waals surface area (Å²) in [5.41, 5.74) is 11.5. The number of carbonyl (C=O) groups excluding carboxylic acids is 1. The monoisotopic (exact) mass is 411 g/mol. The Kier molecular flexibility index (Phi) is 6.13. The maximum absolute atomic E-state index is 11.7. The van der Waals surface area contributed by atoms with Crippen LogP contribution in [0.2, 0.25) is 10.9 Å². The number of aromatic amines is 1. The number of nitrogens with zero attached hydrogens (tertiary/aromatic N) is 1. The third-order valence-corrected chi connectivity index (χ3v) is 7.99. The molecule has 0 fully saturated rings. The summed E-state index contributed by atoms with van der Waals surface area (Å²) in [4.78, 5) is 11.7. The van der Waals surface area contributed by atoms with Crippen LogP contribution in [-0.4, -0.2) is 37.4 Å². The van der Waals surface area contributed by atoms with Crippen molar-refractivity contribution in [3.8, 4) is 16.9 Å². The first-order chi connectivity index (χ1) is 12.6. The van der Waals surface area contributed by atoms with Crippen LogP contribution in [0.25, 0.3) is 11.1 Å². The van der Waals surface area contributed by atoms with Crippen LogP contribution < -0.4 is 10.5 Å². The minimum atomic E-state index is -0.998. The van der Waals surface area contributed by atoms with E-state index in [0.29, 0.717) is 17.9 Å². The van der Waals surface area contributed by atoms with Gasteiger partial charge in [0.1, 0.15) is 0 Å². The van der Waals surface area contributed by atoms with Crippen molar-refractivity contribution < 1.29 is 9.53 Å². The molecule has 0 radical (unpaired) electrons. The zero-order chi connectivity index (χ0) is 18.4. The Morgan fingerprint density at radius 1 is 1.19 bits per heavy atom. The molecule has 1 atom stereocenters. The number of aromatic nitrogens is 2. The zero-order valence-corrected chi connectivity index (χ0v) is 16.6. The fourth-order valence-corrected chi connectivity index (χ4v) is 5.65. The second-order valence-corrected chi connectivity index (χ2v) is 11.3. The van der Waals surface area contributed by atoms with Crippen molar-refractivity contribution in [2.24, 2.45) is 5.73 Å². The van der Waals surface area contributed by atoms with Crippen molar-refractivity contribution in [2.45, 2.75) is 16.1 Å².